The van der Waals surface area contributed by atoms with Crippen LogP contribution in [0.15, 0.2) is 46.9 Å². The number of nitrogens with zero attached hydrogens (tertiary/aromatic N) is 4. The molecule has 0 unspecified atom stereocenters. The molecule has 0 spiro atoms. The fourth-order valence-electron chi connectivity index (χ4n) is 1.93. The SMILES string of the molecule is O=[N+]([O-])c1ccc(N2C=NN(NCc3cccs3)C2)cc1. The van der Waals surface area contributed by atoms with Crippen molar-refractivity contribution in [2.45, 2.75) is 6.54 Å². The normalized spacial score (nSPS) is 13.9. The van der Waals surface area contributed by atoms with Gasteiger partial charge in [-0.2, -0.15) is 5.10 Å². The van der Waals surface area contributed by atoms with E-state index in [1.807, 2.05) is 16.3 Å². The Balaban J connectivity index is 1.57. The van der Waals surface area contributed by atoms with Crippen LogP contribution in [0.1, 0.15) is 4.88 Å². The van der Waals surface area contributed by atoms with Gasteiger partial charge in [0.05, 0.1) is 11.5 Å². The van der Waals surface area contributed by atoms with Gasteiger partial charge in [0.1, 0.15) is 13.0 Å². The highest BCUT2D eigenvalue weighted by Crippen LogP contribution is 2.20. The first-order valence-electron chi connectivity index (χ1n) is 6.31. The zero-order valence-electron chi connectivity index (χ0n) is 11.0. The molecule has 0 amide bonds. The lowest BCUT2D eigenvalue weighted by atomic mass is 10.3. The van der Waals surface area contributed by atoms with Gasteiger partial charge in [0.25, 0.3) is 5.69 Å². The minimum absolute atomic E-state index is 0.0857. The quantitative estimate of drug-likeness (QED) is 0.678. The molecule has 0 atom stereocenters. The lowest BCUT2D eigenvalue weighted by molar-refractivity contribution is -0.384. The molecule has 7 nitrogen and oxygen atoms in total. The fourth-order valence-corrected chi connectivity index (χ4v) is 2.57. The Morgan fingerprint density at radius 3 is 2.81 bits per heavy atom. The van der Waals surface area contributed by atoms with Gasteiger partial charge in [-0.15, -0.1) is 11.3 Å². The van der Waals surface area contributed by atoms with E-state index < -0.39 is 4.92 Å². The molecule has 0 radical (unpaired) electrons. The molecule has 1 N–H and O–H groups in total. The van der Waals surface area contributed by atoms with E-state index >= 15 is 0 Å². The maximum atomic E-state index is 10.6. The predicted molar refractivity (Wildman–Crippen MR) is 81.9 cm³/mol. The van der Waals surface area contributed by atoms with Crippen molar-refractivity contribution in [2.24, 2.45) is 5.10 Å². The van der Waals surface area contributed by atoms with Gasteiger partial charge in [0, 0.05) is 22.7 Å². The molecule has 0 aliphatic carbocycles. The number of nitro benzene ring substituents is 1. The van der Waals surface area contributed by atoms with Crippen molar-refractivity contribution in [1.82, 2.24) is 10.5 Å². The topological polar surface area (TPSA) is 74.0 Å². The largest absolute Gasteiger partial charge is 0.309 e. The monoisotopic (exact) mass is 303 g/mol. The number of anilines is 1. The average molecular weight is 303 g/mol. The summed E-state index contributed by atoms with van der Waals surface area (Å²) in [5, 5.41) is 18.6. The Hall–Kier alpha value is -2.45. The van der Waals surface area contributed by atoms with Gasteiger partial charge in [0.2, 0.25) is 0 Å². The standard InChI is InChI=1S/C13H13N5O2S/c19-18(20)12-5-3-11(4-6-12)16-9-15-17(10-16)14-8-13-2-1-7-21-13/h1-7,9,14H,8,10H2. The van der Waals surface area contributed by atoms with E-state index in [9.17, 15) is 10.1 Å². The van der Waals surface area contributed by atoms with E-state index in [4.69, 9.17) is 0 Å². The van der Waals surface area contributed by atoms with Gasteiger partial charge in [-0.3, -0.25) is 10.1 Å². The lowest BCUT2D eigenvalue weighted by Crippen LogP contribution is -2.35. The Morgan fingerprint density at radius 1 is 1.33 bits per heavy atom. The van der Waals surface area contributed by atoms with Crippen molar-refractivity contribution in [3.05, 3.63) is 56.8 Å². The van der Waals surface area contributed by atoms with E-state index in [1.165, 1.54) is 17.0 Å². The van der Waals surface area contributed by atoms with Crippen LogP contribution < -0.4 is 10.3 Å². The number of hydrogen-bond donors (Lipinski definition) is 1. The second-order valence-corrected chi connectivity index (χ2v) is 5.46. The third kappa shape index (κ3) is 3.18. The van der Waals surface area contributed by atoms with Gasteiger partial charge in [-0.05, 0) is 23.6 Å². The van der Waals surface area contributed by atoms with E-state index in [2.05, 4.69) is 16.6 Å². The van der Waals surface area contributed by atoms with Crippen LogP contribution in [0.2, 0.25) is 0 Å². The number of benzene rings is 1. The molecular formula is C13H13N5O2S. The van der Waals surface area contributed by atoms with Crippen molar-refractivity contribution in [3.63, 3.8) is 0 Å². The highest BCUT2D eigenvalue weighted by molar-refractivity contribution is 7.09. The molecule has 2 aromatic rings. The van der Waals surface area contributed by atoms with Crippen molar-refractivity contribution in [1.29, 1.82) is 0 Å². The minimum atomic E-state index is -0.406. The van der Waals surface area contributed by atoms with E-state index in [0.29, 0.717) is 6.67 Å². The summed E-state index contributed by atoms with van der Waals surface area (Å²) in [6.45, 7) is 1.28. The minimum Gasteiger partial charge on any atom is -0.309 e. The first-order chi connectivity index (χ1) is 10.2. The predicted octanol–water partition coefficient (Wildman–Crippen LogP) is 2.38. The number of hydrazine groups is 1. The van der Waals surface area contributed by atoms with E-state index in [-0.39, 0.29) is 5.69 Å². The van der Waals surface area contributed by atoms with Gasteiger partial charge >= 0.3 is 0 Å². The highest BCUT2D eigenvalue weighted by Gasteiger charge is 2.16. The van der Waals surface area contributed by atoms with Crippen LogP contribution in [-0.2, 0) is 6.54 Å². The molecule has 108 valence electrons. The van der Waals surface area contributed by atoms with Crippen LogP contribution >= 0.6 is 11.3 Å². The smallest absolute Gasteiger partial charge is 0.269 e. The summed E-state index contributed by atoms with van der Waals surface area (Å²) >= 11 is 1.69. The maximum absolute atomic E-state index is 10.6. The third-order valence-electron chi connectivity index (χ3n) is 3.02. The molecular weight excluding hydrogens is 290 g/mol. The zero-order chi connectivity index (χ0) is 14.7. The molecule has 1 aliphatic heterocycles. The molecule has 21 heavy (non-hydrogen) atoms. The maximum Gasteiger partial charge on any atom is 0.269 e. The summed E-state index contributed by atoms with van der Waals surface area (Å²) in [6, 6.07) is 10.5. The molecule has 2 heterocycles. The first-order valence-corrected chi connectivity index (χ1v) is 7.19. The van der Waals surface area contributed by atoms with Crippen LogP contribution in [-0.4, -0.2) is 23.0 Å². The summed E-state index contributed by atoms with van der Waals surface area (Å²) in [5.74, 6) is 0. The summed E-state index contributed by atoms with van der Waals surface area (Å²) in [5.41, 5.74) is 4.16. The molecule has 8 heteroatoms. The second-order valence-electron chi connectivity index (χ2n) is 4.43. The van der Waals surface area contributed by atoms with Gasteiger partial charge < -0.3 is 4.90 Å². The molecule has 1 aromatic heterocycles. The lowest BCUT2D eigenvalue weighted by Gasteiger charge is -2.19. The van der Waals surface area contributed by atoms with E-state index in [0.717, 1.165) is 12.2 Å². The van der Waals surface area contributed by atoms with Crippen LogP contribution in [0.25, 0.3) is 0 Å². The molecule has 0 fully saturated rings. The number of nitro groups is 1. The number of nitrogens with one attached hydrogen (secondary N) is 1. The number of hydrazone groups is 1. The van der Waals surface area contributed by atoms with Crippen LogP contribution in [0.4, 0.5) is 11.4 Å². The molecule has 0 saturated heterocycles. The van der Waals surface area contributed by atoms with Crippen LogP contribution in [0, 0.1) is 10.1 Å². The van der Waals surface area contributed by atoms with Crippen molar-refractivity contribution in [3.8, 4) is 0 Å². The summed E-state index contributed by atoms with van der Waals surface area (Å²) in [4.78, 5) is 13.4. The van der Waals surface area contributed by atoms with Crippen LogP contribution in [0.5, 0.6) is 0 Å². The third-order valence-corrected chi connectivity index (χ3v) is 3.90. The van der Waals surface area contributed by atoms with Gasteiger partial charge in [-0.25, -0.2) is 10.5 Å². The molecule has 1 aliphatic rings. The number of hydrogen-bond acceptors (Lipinski definition) is 7. The van der Waals surface area contributed by atoms with Crippen LogP contribution in [0.3, 0.4) is 0 Å². The highest BCUT2D eigenvalue weighted by atomic mass is 32.1. The number of thiophene rings is 1. The van der Waals surface area contributed by atoms with Crippen molar-refractivity contribution < 1.29 is 4.92 Å². The molecule has 1 aromatic carbocycles. The van der Waals surface area contributed by atoms with Crippen molar-refractivity contribution >= 4 is 29.1 Å². The Morgan fingerprint density at radius 2 is 2.14 bits per heavy atom. The summed E-state index contributed by atoms with van der Waals surface area (Å²) in [6.07, 6.45) is 1.70. The number of non-ortho nitro benzene ring substituents is 1. The van der Waals surface area contributed by atoms with Gasteiger partial charge in [-0.1, -0.05) is 6.07 Å². The summed E-state index contributed by atoms with van der Waals surface area (Å²) < 4.78 is 0. The number of rotatable bonds is 5. The first kappa shape index (κ1) is 13.5. The zero-order valence-corrected chi connectivity index (χ0v) is 11.9. The molecule has 0 bridgehead atoms. The Bertz CT molecular complexity index is 641. The van der Waals surface area contributed by atoms with Crippen molar-refractivity contribution in [2.75, 3.05) is 11.6 Å². The summed E-state index contributed by atoms with van der Waals surface area (Å²) in [7, 11) is 0. The Kier molecular flexibility index (Phi) is 3.80. The Labute approximate surface area is 125 Å². The fraction of sp³-hybridized carbons (Fsp3) is 0.154. The molecule has 3 rings (SSSR count). The van der Waals surface area contributed by atoms with E-state index in [1.54, 1.807) is 34.9 Å². The second kappa shape index (κ2) is 5.90. The molecule has 0 saturated carbocycles. The van der Waals surface area contributed by atoms with Gasteiger partial charge in [0.15, 0.2) is 0 Å². The average Bonchev–Trinajstić information content (AvgIpc) is 3.17.